The molecule has 0 bridgehead atoms. The molecule has 0 atom stereocenters. The normalized spacial score (nSPS) is 9.94. The van der Waals surface area contributed by atoms with Crippen LogP contribution in [0.2, 0.25) is 0 Å². The van der Waals surface area contributed by atoms with E-state index < -0.39 is 0 Å². The first kappa shape index (κ1) is 14.8. The summed E-state index contributed by atoms with van der Waals surface area (Å²) in [6, 6.07) is 0. The zero-order valence-electron chi connectivity index (χ0n) is 10.4. The lowest BCUT2D eigenvalue weighted by Crippen LogP contribution is -2.41. The monoisotopic (exact) mass is 227 g/mol. The predicted molar refractivity (Wildman–Crippen MR) is 61.6 cm³/mol. The Labute approximate surface area is 97.0 Å². The molecule has 16 heavy (non-hydrogen) atoms. The molecule has 0 aromatic heterocycles. The van der Waals surface area contributed by atoms with E-state index in [1.807, 2.05) is 20.8 Å². The molecule has 0 rings (SSSR count). The number of rotatable bonds is 6. The fourth-order valence-corrected chi connectivity index (χ4v) is 1.39. The number of carbonyl (C=O) groups excluding carboxylic acids is 3. The minimum atomic E-state index is -0.362. The van der Waals surface area contributed by atoms with Crippen LogP contribution in [-0.4, -0.2) is 22.6 Å². The molecule has 0 aliphatic carbocycles. The van der Waals surface area contributed by atoms with E-state index in [0.29, 0.717) is 19.3 Å². The zero-order chi connectivity index (χ0) is 12.6. The third-order valence-electron chi connectivity index (χ3n) is 2.14. The second kappa shape index (κ2) is 8.02. The molecule has 0 unspecified atom stereocenters. The molecule has 4 heteroatoms. The summed E-state index contributed by atoms with van der Waals surface area (Å²) < 4.78 is 0. The van der Waals surface area contributed by atoms with Crippen molar-refractivity contribution in [2.45, 2.75) is 59.3 Å². The van der Waals surface area contributed by atoms with Crippen LogP contribution in [0, 0.1) is 0 Å². The van der Waals surface area contributed by atoms with E-state index in [9.17, 15) is 14.4 Å². The van der Waals surface area contributed by atoms with Crippen molar-refractivity contribution in [3.05, 3.63) is 0 Å². The Morgan fingerprint density at radius 2 is 0.938 bits per heavy atom. The van der Waals surface area contributed by atoms with Crippen molar-refractivity contribution in [3.8, 4) is 0 Å². The van der Waals surface area contributed by atoms with Crippen LogP contribution in [0.15, 0.2) is 0 Å². The SMILES string of the molecule is CCCC(=O)N(C(=O)CCC)C(=O)CCC. The molecule has 0 spiro atoms. The van der Waals surface area contributed by atoms with Gasteiger partial charge in [-0.25, -0.2) is 4.90 Å². The molecule has 4 nitrogen and oxygen atoms in total. The number of amides is 3. The fourth-order valence-electron chi connectivity index (χ4n) is 1.39. The summed E-state index contributed by atoms with van der Waals surface area (Å²) in [5, 5.41) is 0. The van der Waals surface area contributed by atoms with Crippen LogP contribution in [-0.2, 0) is 14.4 Å². The molecule has 0 heterocycles. The second-order valence-corrected chi connectivity index (χ2v) is 3.77. The van der Waals surface area contributed by atoms with Gasteiger partial charge in [0.1, 0.15) is 0 Å². The van der Waals surface area contributed by atoms with Gasteiger partial charge in [-0.3, -0.25) is 14.4 Å². The summed E-state index contributed by atoms with van der Waals surface area (Å²) >= 11 is 0. The van der Waals surface area contributed by atoms with Gasteiger partial charge in [0.2, 0.25) is 17.7 Å². The maximum absolute atomic E-state index is 11.7. The molecular weight excluding hydrogens is 206 g/mol. The highest BCUT2D eigenvalue weighted by molar-refractivity contribution is 6.10. The fraction of sp³-hybridized carbons (Fsp3) is 0.750. The lowest BCUT2D eigenvalue weighted by molar-refractivity contribution is -0.154. The Bertz CT molecular complexity index is 218. The Morgan fingerprint density at radius 1 is 0.688 bits per heavy atom. The van der Waals surface area contributed by atoms with Gasteiger partial charge in [-0.15, -0.1) is 0 Å². The maximum Gasteiger partial charge on any atom is 0.236 e. The van der Waals surface area contributed by atoms with Gasteiger partial charge in [0.05, 0.1) is 0 Å². The molecule has 92 valence electrons. The van der Waals surface area contributed by atoms with Crippen LogP contribution < -0.4 is 0 Å². The van der Waals surface area contributed by atoms with Crippen LogP contribution >= 0.6 is 0 Å². The lowest BCUT2D eigenvalue weighted by atomic mass is 10.2. The summed E-state index contributed by atoms with van der Waals surface area (Å²) in [7, 11) is 0. The minimum Gasteiger partial charge on any atom is -0.274 e. The largest absolute Gasteiger partial charge is 0.274 e. The highest BCUT2D eigenvalue weighted by Crippen LogP contribution is 2.06. The van der Waals surface area contributed by atoms with Gasteiger partial charge in [0.15, 0.2) is 0 Å². The molecular formula is C12H21NO3. The lowest BCUT2D eigenvalue weighted by Gasteiger charge is -2.18. The van der Waals surface area contributed by atoms with Crippen LogP contribution in [0.5, 0.6) is 0 Å². The Kier molecular flexibility index (Phi) is 7.42. The van der Waals surface area contributed by atoms with E-state index in [2.05, 4.69) is 0 Å². The number of hydrogen-bond acceptors (Lipinski definition) is 3. The Balaban J connectivity index is 4.68. The highest BCUT2D eigenvalue weighted by Gasteiger charge is 2.25. The zero-order valence-corrected chi connectivity index (χ0v) is 10.4. The van der Waals surface area contributed by atoms with E-state index >= 15 is 0 Å². The smallest absolute Gasteiger partial charge is 0.236 e. The maximum atomic E-state index is 11.7. The van der Waals surface area contributed by atoms with Gasteiger partial charge in [0, 0.05) is 19.3 Å². The van der Waals surface area contributed by atoms with Gasteiger partial charge in [-0.1, -0.05) is 20.8 Å². The van der Waals surface area contributed by atoms with E-state index in [0.717, 1.165) is 4.90 Å². The number of hydrogen-bond donors (Lipinski definition) is 0. The van der Waals surface area contributed by atoms with Gasteiger partial charge in [-0.2, -0.15) is 0 Å². The van der Waals surface area contributed by atoms with Crippen molar-refractivity contribution < 1.29 is 14.4 Å². The van der Waals surface area contributed by atoms with Crippen molar-refractivity contribution in [2.24, 2.45) is 0 Å². The summed E-state index contributed by atoms with van der Waals surface area (Å²) in [6.07, 6.45) is 2.71. The van der Waals surface area contributed by atoms with Crippen molar-refractivity contribution in [1.82, 2.24) is 4.90 Å². The molecule has 3 amide bonds. The van der Waals surface area contributed by atoms with E-state index in [1.54, 1.807) is 0 Å². The first-order valence-electron chi connectivity index (χ1n) is 5.97. The van der Waals surface area contributed by atoms with Crippen molar-refractivity contribution >= 4 is 17.7 Å². The first-order chi connectivity index (χ1) is 7.58. The quantitative estimate of drug-likeness (QED) is 0.699. The average Bonchev–Trinajstić information content (AvgIpc) is 2.19. The molecule has 0 fully saturated rings. The van der Waals surface area contributed by atoms with Crippen molar-refractivity contribution in [1.29, 1.82) is 0 Å². The van der Waals surface area contributed by atoms with Crippen LogP contribution in [0.4, 0.5) is 0 Å². The molecule has 0 saturated heterocycles. The van der Waals surface area contributed by atoms with Gasteiger partial charge >= 0.3 is 0 Å². The number of nitrogens with zero attached hydrogens (tertiary/aromatic N) is 1. The third kappa shape index (κ3) is 4.55. The second-order valence-electron chi connectivity index (χ2n) is 3.77. The van der Waals surface area contributed by atoms with Crippen LogP contribution in [0.3, 0.4) is 0 Å². The van der Waals surface area contributed by atoms with Crippen LogP contribution in [0.1, 0.15) is 59.3 Å². The third-order valence-corrected chi connectivity index (χ3v) is 2.14. The minimum absolute atomic E-state index is 0.255. The number of imide groups is 3. The Hall–Kier alpha value is -1.19. The number of carbonyl (C=O) groups is 3. The first-order valence-corrected chi connectivity index (χ1v) is 5.97. The van der Waals surface area contributed by atoms with Crippen molar-refractivity contribution in [3.63, 3.8) is 0 Å². The van der Waals surface area contributed by atoms with E-state index in [1.165, 1.54) is 0 Å². The molecule has 0 saturated carbocycles. The summed E-state index contributed by atoms with van der Waals surface area (Å²) in [5.41, 5.74) is 0. The van der Waals surface area contributed by atoms with Crippen LogP contribution in [0.25, 0.3) is 0 Å². The molecule has 0 radical (unpaired) electrons. The van der Waals surface area contributed by atoms with E-state index in [4.69, 9.17) is 0 Å². The topological polar surface area (TPSA) is 54.5 Å². The summed E-state index contributed by atoms with van der Waals surface area (Å²) in [6.45, 7) is 5.56. The molecule has 0 aliphatic heterocycles. The highest BCUT2D eigenvalue weighted by atomic mass is 16.2. The van der Waals surface area contributed by atoms with Crippen molar-refractivity contribution in [2.75, 3.05) is 0 Å². The van der Waals surface area contributed by atoms with Gasteiger partial charge in [-0.05, 0) is 19.3 Å². The molecule has 0 aliphatic rings. The molecule has 0 N–H and O–H groups in total. The standard InChI is InChI=1S/C12H21NO3/c1-4-7-10(14)13(11(15)8-5-2)12(16)9-6-3/h4-9H2,1-3H3. The van der Waals surface area contributed by atoms with Gasteiger partial charge in [0.25, 0.3) is 0 Å². The van der Waals surface area contributed by atoms with Gasteiger partial charge < -0.3 is 0 Å². The summed E-state index contributed by atoms with van der Waals surface area (Å²) in [5.74, 6) is -1.08. The predicted octanol–water partition coefficient (Wildman–Crippen LogP) is 2.27. The van der Waals surface area contributed by atoms with E-state index in [-0.39, 0.29) is 37.0 Å². The molecule has 0 aromatic rings. The molecule has 0 aromatic carbocycles. The Morgan fingerprint density at radius 3 is 1.12 bits per heavy atom. The summed E-state index contributed by atoms with van der Waals surface area (Å²) in [4.78, 5) is 35.8. The average molecular weight is 227 g/mol.